The maximum absolute atomic E-state index is 6.25. The molecular formula is C17H36N2. The molecule has 0 aromatic heterocycles. The Hall–Kier alpha value is -0.0800. The van der Waals surface area contributed by atoms with Crippen LogP contribution in [0.5, 0.6) is 0 Å². The van der Waals surface area contributed by atoms with E-state index in [4.69, 9.17) is 5.73 Å². The summed E-state index contributed by atoms with van der Waals surface area (Å²) in [6.45, 7) is 10.3. The lowest BCUT2D eigenvalue weighted by Crippen LogP contribution is -2.38. The van der Waals surface area contributed by atoms with Gasteiger partial charge in [0, 0.05) is 12.1 Å². The second-order valence-electron chi connectivity index (χ2n) is 7.88. The predicted molar refractivity (Wildman–Crippen MR) is 85.3 cm³/mol. The first kappa shape index (κ1) is 17.0. The van der Waals surface area contributed by atoms with Crippen molar-refractivity contribution in [3.63, 3.8) is 0 Å². The second kappa shape index (κ2) is 7.64. The van der Waals surface area contributed by atoms with Crippen molar-refractivity contribution in [1.29, 1.82) is 0 Å². The van der Waals surface area contributed by atoms with E-state index < -0.39 is 0 Å². The molecular weight excluding hydrogens is 232 g/mol. The molecule has 0 aliphatic heterocycles. The maximum Gasteiger partial charge on any atom is 0.00924 e. The SMILES string of the molecule is CCC1CCC(N(C)CCC(N)CC(C)(C)C)CC1. The molecule has 0 bridgehead atoms. The average molecular weight is 268 g/mol. The Morgan fingerprint density at radius 2 is 1.74 bits per heavy atom. The molecule has 1 aliphatic carbocycles. The van der Waals surface area contributed by atoms with Gasteiger partial charge in [-0.2, -0.15) is 0 Å². The van der Waals surface area contributed by atoms with E-state index >= 15 is 0 Å². The van der Waals surface area contributed by atoms with Crippen LogP contribution < -0.4 is 5.73 Å². The van der Waals surface area contributed by atoms with Crippen molar-refractivity contribution in [2.24, 2.45) is 17.1 Å². The van der Waals surface area contributed by atoms with E-state index in [-0.39, 0.29) is 0 Å². The summed E-state index contributed by atoms with van der Waals surface area (Å²) in [5, 5.41) is 0. The summed E-state index contributed by atoms with van der Waals surface area (Å²) in [4.78, 5) is 2.56. The van der Waals surface area contributed by atoms with Crippen LogP contribution >= 0.6 is 0 Å². The normalized spacial score (nSPS) is 26.7. The summed E-state index contributed by atoms with van der Waals surface area (Å²) < 4.78 is 0. The molecule has 0 aromatic carbocycles. The fourth-order valence-electron chi connectivity index (χ4n) is 3.43. The van der Waals surface area contributed by atoms with Crippen molar-refractivity contribution in [2.75, 3.05) is 13.6 Å². The van der Waals surface area contributed by atoms with Gasteiger partial charge in [0.25, 0.3) is 0 Å². The Kier molecular flexibility index (Phi) is 6.82. The summed E-state index contributed by atoms with van der Waals surface area (Å²) in [6.07, 6.45) is 9.28. The molecule has 1 fully saturated rings. The second-order valence-corrected chi connectivity index (χ2v) is 7.88. The minimum absolute atomic E-state index is 0.356. The molecule has 2 heteroatoms. The lowest BCUT2D eigenvalue weighted by Gasteiger charge is -2.35. The summed E-state index contributed by atoms with van der Waals surface area (Å²) >= 11 is 0. The van der Waals surface area contributed by atoms with Gasteiger partial charge in [-0.1, -0.05) is 34.1 Å². The van der Waals surface area contributed by atoms with Gasteiger partial charge in [-0.15, -0.1) is 0 Å². The average Bonchev–Trinajstić information content (AvgIpc) is 2.34. The van der Waals surface area contributed by atoms with Crippen molar-refractivity contribution in [2.45, 2.75) is 84.7 Å². The van der Waals surface area contributed by atoms with Gasteiger partial charge < -0.3 is 10.6 Å². The molecule has 114 valence electrons. The van der Waals surface area contributed by atoms with E-state index in [1.54, 1.807) is 0 Å². The van der Waals surface area contributed by atoms with Crippen LogP contribution in [-0.4, -0.2) is 30.6 Å². The first-order valence-corrected chi connectivity index (χ1v) is 8.27. The molecule has 1 unspecified atom stereocenters. The van der Waals surface area contributed by atoms with E-state index in [1.165, 1.54) is 38.6 Å². The van der Waals surface area contributed by atoms with Crippen LogP contribution in [0.3, 0.4) is 0 Å². The summed E-state index contributed by atoms with van der Waals surface area (Å²) in [6, 6.07) is 1.17. The van der Waals surface area contributed by atoms with Crippen molar-refractivity contribution in [3.05, 3.63) is 0 Å². The third kappa shape index (κ3) is 6.76. The highest BCUT2D eigenvalue weighted by Crippen LogP contribution is 2.29. The molecule has 0 heterocycles. The van der Waals surface area contributed by atoms with Crippen LogP contribution in [0.1, 0.15) is 72.6 Å². The Labute approximate surface area is 121 Å². The number of rotatable bonds is 6. The Morgan fingerprint density at radius 3 is 2.21 bits per heavy atom. The molecule has 1 aliphatic rings. The van der Waals surface area contributed by atoms with Gasteiger partial charge in [0.1, 0.15) is 0 Å². The molecule has 0 radical (unpaired) electrons. The van der Waals surface area contributed by atoms with Crippen LogP contribution in [0.2, 0.25) is 0 Å². The van der Waals surface area contributed by atoms with Crippen LogP contribution in [0, 0.1) is 11.3 Å². The van der Waals surface area contributed by atoms with Gasteiger partial charge in [0.05, 0.1) is 0 Å². The topological polar surface area (TPSA) is 29.3 Å². The maximum atomic E-state index is 6.25. The zero-order valence-corrected chi connectivity index (χ0v) is 13.9. The molecule has 2 nitrogen and oxygen atoms in total. The highest BCUT2D eigenvalue weighted by molar-refractivity contribution is 4.79. The van der Waals surface area contributed by atoms with E-state index in [1.807, 2.05) is 0 Å². The van der Waals surface area contributed by atoms with Crippen LogP contribution in [0.15, 0.2) is 0 Å². The summed E-state index contributed by atoms with van der Waals surface area (Å²) in [5.41, 5.74) is 6.61. The molecule has 0 amide bonds. The summed E-state index contributed by atoms with van der Waals surface area (Å²) in [5.74, 6) is 0.993. The molecule has 1 saturated carbocycles. The smallest absolute Gasteiger partial charge is 0.00924 e. The van der Waals surface area contributed by atoms with Crippen molar-refractivity contribution >= 4 is 0 Å². The monoisotopic (exact) mass is 268 g/mol. The van der Waals surface area contributed by atoms with Gasteiger partial charge in [0.15, 0.2) is 0 Å². The zero-order chi connectivity index (χ0) is 14.5. The van der Waals surface area contributed by atoms with Crippen LogP contribution in [-0.2, 0) is 0 Å². The summed E-state index contributed by atoms with van der Waals surface area (Å²) in [7, 11) is 2.29. The first-order valence-electron chi connectivity index (χ1n) is 8.27. The molecule has 1 rings (SSSR count). The van der Waals surface area contributed by atoms with Gasteiger partial charge >= 0.3 is 0 Å². The van der Waals surface area contributed by atoms with E-state index in [9.17, 15) is 0 Å². The third-order valence-electron chi connectivity index (χ3n) is 4.74. The van der Waals surface area contributed by atoms with Gasteiger partial charge in [-0.05, 0) is 63.5 Å². The third-order valence-corrected chi connectivity index (χ3v) is 4.74. The fourth-order valence-corrected chi connectivity index (χ4v) is 3.43. The first-order chi connectivity index (χ1) is 8.81. The van der Waals surface area contributed by atoms with Crippen molar-refractivity contribution in [3.8, 4) is 0 Å². The molecule has 19 heavy (non-hydrogen) atoms. The van der Waals surface area contributed by atoms with E-state index in [0.717, 1.165) is 24.8 Å². The molecule has 0 spiro atoms. The lowest BCUT2D eigenvalue weighted by molar-refractivity contribution is 0.156. The van der Waals surface area contributed by atoms with Crippen molar-refractivity contribution < 1.29 is 0 Å². The fraction of sp³-hybridized carbons (Fsp3) is 1.00. The molecule has 2 N–H and O–H groups in total. The Morgan fingerprint density at radius 1 is 1.16 bits per heavy atom. The van der Waals surface area contributed by atoms with Gasteiger partial charge in [0.2, 0.25) is 0 Å². The molecule has 0 saturated heterocycles. The van der Waals surface area contributed by atoms with Crippen LogP contribution in [0.4, 0.5) is 0 Å². The van der Waals surface area contributed by atoms with Gasteiger partial charge in [-0.3, -0.25) is 0 Å². The quantitative estimate of drug-likeness (QED) is 0.787. The highest BCUT2D eigenvalue weighted by atomic mass is 15.1. The number of hydrogen-bond donors (Lipinski definition) is 1. The molecule has 0 aromatic rings. The number of nitrogens with two attached hydrogens (primary N) is 1. The van der Waals surface area contributed by atoms with Crippen molar-refractivity contribution in [1.82, 2.24) is 4.90 Å². The lowest BCUT2D eigenvalue weighted by atomic mass is 9.84. The molecule has 1 atom stereocenters. The van der Waals surface area contributed by atoms with Gasteiger partial charge in [-0.25, -0.2) is 0 Å². The predicted octanol–water partition coefficient (Wildman–Crippen LogP) is 4.04. The van der Waals surface area contributed by atoms with Crippen LogP contribution in [0.25, 0.3) is 0 Å². The standard InChI is InChI=1S/C17H36N2/c1-6-14-7-9-16(10-8-14)19(5)12-11-15(18)13-17(2,3)4/h14-16H,6-13,18H2,1-5H3. The minimum Gasteiger partial charge on any atom is -0.328 e. The van der Waals surface area contributed by atoms with E-state index in [2.05, 4.69) is 39.6 Å². The van der Waals surface area contributed by atoms with E-state index in [0.29, 0.717) is 11.5 Å². The number of hydrogen-bond acceptors (Lipinski definition) is 2. The minimum atomic E-state index is 0.356. The zero-order valence-electron chi connectivity index (χ0n) is 13.9. The largest absolute Gasteiger partial charge is 0.328 e. The highest BCUT2D eigenvalue weighted by Gasteiger charge is 2.23. The number of nitrogens with zero attached hydrogens (tertiary/aromatic N) is 1. The Bertz CT molecular complexity index is 236. The Balaban J connectivity index is 2.22.